The zero-order valence-corrected chi connectivity index (χ0v) is 17.4. The number of carbonyl (C=O) groups excluding carboxylic acids is 2. The first-order valence-corrected chi connectivity index (χ1v) is 9.31. The van der Waals surface area contributed by atoms with E-state index in [0.717, 1.165) is 31.2 Å². The first-order chi connectivity index (χ1) is 12.0. The predicted octanol–water partition coefficient (Wildman–Crippen LogP) is 2.93. The third kappa shape index (κ3) is 6.33. The molecule has 0 bridgehead atoms. The number of anilines is 1. The van der Waals surface area contributed by atoms with Gasteiger partial charge in [-0.15, -0.1) is 24.8 Å². The van der Waals surface area contributed by atoms with Gasteiger partial charge in [0.05, 0.1) is 0 Å². The number of hydrogen-bond donors (Lipinski definition) is 2. The van der Waals surface area contributed by atoms with Gasteiger partial charge < -0.3 is 16.0 Å². The molecule has 3 rings (SSSR count). The molecule has 2 amide bonds. The molecule has 2 unspecified atom stereocenters. The van der Waals surface area contributed by atoms with Gasteiger partial charge in [-0.05, 0) is 50.7 Å². The Morgan fingerprint density at radius 2 is 1.81 bits per heavy atom. The number of hydrogen-bond acceptors (Lipinski definition) is 4. The van der Waals surface area contributed by atoms with Crippen molar-refractivity contribution in [2.75, 3.05) is 18.4 Å². The highest BCUT2D eigenvalue weighted by molar-refractivity contribution is 5.92. The molecular formula is C19H30Cl2N4O2. The zero-order chi connectivity index (χ0) is 17.8. The molecule has 6 nitrogen and oxygen atoms in total. The fourth-order valence-corrected chi connectivity index (χ4v) is 3.84. The average molecular weight is 417 g/mol. The Balaban J connectivity index is 0.00000182. The van der Waals surface area contributed by atoms with Crippen molar-refractivity contribution < 1.29 is 9.59 Å². The van der Waals surface area contributed by atoms with E-state index in [4.69, 9.17) is 5.73 Å². The summed E-state index contributed by atoms with van der Waals surface area (Å²) in [5.41, 5.74) is 7.07. The summed E-state index contributed by atoms with van der Waals surface area (Å²) in [7, 11) is 0. The minimum absolute atomic E-state index is 0. The Hall–Kier alpha value is -1.37. The van der Waals surface area contributed by atoms with Crippen LogP contribution in [0.2, 0.25) is 0 Å². The highest BCUT2D eigenvalue weighted by atomic mass is 35.5. The van der Waals surface area contributed by atoms with E-state index < -0.39 is 0 Å². The number of pyridine rings is 1. The number of nitrogens with two attached hydrogens (primary N) is 1. The highest BCUT2D eigenvalue weighted by Gasteiger charge is 2.32. The Morgan fingerprint density at radius 3 is 2.41 bits per heavy atom. The number of likely N-dealkylation sites (tertiary alicyclic amines) is 1. The van der Waals surface area contributed by atoms with Crippen LogP contribution in [0.4, 0.5) is 5.82 Å². The first kappa shape index (κ1) is 23.7. The van der Waals surface area contributed by atoms with E-state index in [2.05, 4.69) is 10.3 Å². The monoisotopic (exact) mass is 416 g/mol. The Labute approximate surface area is 173 Å². The van der Waals surface area contributed by atoms with Crippen LogP contribution in [0, 0.1) is 18.8 Å². The second kappa shape index (κ2) is 10.8. The molecule has 1 aliphatic heterocycles. The van der Waals surface area contributed by atoms with Gasteiger partial charge in [-0.1, -0.05) is 12.5 Å². The van der Waals surface area contributed by atoms with E-state index in [1.165, 1.54) is 0 Å². The van der Waals surface area contributed by atoms with Crippen LogP contribution in [0.25, 0.3) is 0 Å². The Morgan fingerprint density at radius 1 is 1.11 bits per heavy atom. The number of nitrogens with zero attached hydrogens (tertiary/aromatic N) is 2. The molecule has 1 aromatic rings. The lowest BCUT2D eigenvalue weighted by Gasteiger charge is -2.35. The molecule has 0 spiro atoms. The van der Waals surface area contributed by atoms with Gasteiger partial charge in [-0.25, -0.2) is 4.98 Å². The van der Waals surface area contributed by atoms with E-state index in [1.54, 1.807) is 6.20 Å². The summed E-state index contributed by atoms with van der Waals surface area (Å²) in [6, 6.07) is 3.91. The first-order valence-electron chi connectivity index (χ1n) is 9.31. The van der Waals surface area contributed by atoms with Crippen molar-refractivity contribution in [2.24, 2.45) is 17.6 Å². The molecule has 2 heterocycles. The van der Waals surface area contributed by atoms with Crippen LogP contribution in [0.5, 0.6) is 0 Å². The van der Waals surface area contributed by atoms with Crippen molar-refractivity contribution >= 4 is 42.4 Å². The Kier molecular flexibility index (Phi) is 9.50. The van der Waals surface area contributed by atoms with Gasteiger partial charge in [0.1, 0.15) is 5.82 Å². The van der Waals surface area contributed by atoms with Gasteiger partial charge in [0.2, 0.25) is 11.8 Å². The second-order valence-electron chi connectivity index (χ2n) is 7.43. The van der Waals surface area contributed by atoms with E-state index in [9.17, 15) is 9.59 Å². The van der Waals surface area contributed by atoms with Crippen LogP contribution in [-0.2, 0) is 9.59 Å². The van der Waals surface area contributed by atoms with Crippen LogP contribution in [-0.4, -0.2) is 40.8 Å². The number of halogens is 2. The smallest absolute Gasteiger partial charge is 0.228 e. The van der Waals surface area contributed by atoms with Gasteiger partial charge >= 0.3 is 0 Å². The van der Waals surface area contributed by atoms with Crippen LogP contribution >= 0.6 is 24.8 Å². The molecule has 27 heavy (non-hydrogen) atoms. The number of piperidine rings is 1. The van der Waals surface area contributed by atoms with Gasteiger partial charge in [-0.2, -0.15) is 0 Å². The number of aryl methyl sites for hydroxylation is 1. The number of aromatic nitrogens is 1. The molecule has 152 valence electrons. The average Bonchev–Trinajstić information content (AvgIpc) is 2.63. The Bertz CT molecular complexity index is 619. The summed E-state index contributed by atoms with van der Waals surface area (Å²) < 4.78 is 0. The largest absolute Gasteiger partial charge is 0.342 e. The SMILES string of the molecule is Cc1ccc(NC(=O)C2CCN(C(=O)C3CCCC(N)C3)CC2)nc1.Cl.Cl. The third-order valence-electron chi connectivity index (χ3n) is 5.40. The van der Waals surface area contributed by atoms with Crippen molar-refractivity contribution in [3.05, 3.63) is 23.9 Å². The van der Waals surface area contributed by atoms with Crippen LogP contribution < -0.4 is 11.1 Å². The van der Waals surface area contributed by atoms with Crippen molar-refractivity contribution in [3.8, 4) is 0 Å². The minimum atomic E-state index is -0.0548. The summed E-state index contributed by atoms with van der Waals surface area (Å²) in [6.45, 7) is 3.28. The van der Waals surface area contributed by atoms with E-state index in [1.807, 2.05) is 24.0 Å². The molecule has 1 aliphatic carbocycles. The van der Waals surface area contributed by atoms with E-state index in [0.29, 0.717) is 31.7 Å². The molecule has 1 saturated carbocycles. The molecule has 8 heteroatoms. The van der Waals surface area contributed by atoms with Crippen molar-refractivity contribution in [3.63, 3.8) is 0 Å². The highest BCUT2D eigenvalue weighted by Crippen LogP contribution is 2.27. The zero-order valence-electron chi connectivity index (χ0n) is 15.7. The predicted molar refractivity (Wildman–Crippen MR) is 111 cm³/mol. The van der Waals surface area contributed by atoms with Gasteiger partial charge in [0, 0.05) is 37.2 Å². The summed E-state index contributed by atoms with van der Waals surface area (Å²) in [4.78, 5) is 31.2. The van der Waals surface area contributed by atoms with Crippen LogP contribution in [0.15, 0.2) is 18.3 Å². The minimum Gasteiger partial charge on any atom is -0.342 e. The number of rotatable bonds is 3. The lowest BCUT2D eigenvalue weighted by molar-refractivity contribution is -0.139. The van der Waals surface area contributed by atoms with E-state index in [-0.39, 0.29) is 54.5 Å². The maximum Gasteiger partial charge on any atom is 0.228 e. The third-order valence-corrected chi connectivity index (χ3v) is 5.40. The normalized spacial score (nSPS) is 23.0. The number of amides is 2. The lowest BCUT2D eigenvalue weighted by atomic mass is 9.84. The van der Waals surface area contributed by atoms with Gasteiger partial charge in [0.25, 0.3) is 0 Å². The molecule has 1 aromatic heterocycles. The van der Waals surface area contributed by atoms with Crippen molar-refractivity contribution in [2.45, 2.75) is 51.5 Å². The molecular weight excluding hydrogens is 387 g/mol. The van der Waals surface area contributed by atoms with E-state index >= 15 is 0 Å². The standard InChI is InChI=1S/C19H28N4O2.2ClH/c1-13-5-6-17(21-12-13)22-18(24)14-7-9-23(10-8-14)19(25)15-3-2-4-16(20)11-15;;/h5-6,12,14-16H,2-4,7-11,20H2,1H3,(H,21,22,24);2*1H. The maximum atomic E-state index is 12.7. The topological polar surface area (TPSA) is 88.3 Å². The molecule has 2 aliphatic rings. The molecule has 2 atom stereocenters. The van der Waals surface area contributed by atoms with Crippen molar-refractivity contribution in [1.82, 2.24) is 9.88 Å². The fraction of sp³-hybridized carbons (Fsp3) is 0.632. The molecule has 0 aromatic carbocycles. The van der Waals surface area contributed by atoms with Crippen molar-refractivity contribution in [1.29, 1.82) is 0 Å². The molecule has 3 N–H and O–H groups in total. The summed E-state index contributed by atoms with van der Waals surface area (Å²) >= 11 is 0. The quantitative estimate of drug-likeness (QED) is 0.792. The van der Waals surface area contributed by atoms with Crippen LogP contribution in [0.1, 0.15) is 44.1 Å². The van der Waals surface area contributed by atoms with Crippen LogP contribution in [0.3, 0.4) is 0 Å². The van der Waals surface area contributed by atoms with Gasteiger partial charge in [-0.3, -0.25) is 9.59 Å². The summed E-state index contributed by atoms with van der Waals surface area (Å²) in [5.74, 6) is 0.842. The number of carbonyl (C=O) groups is 2. The maximum absolute atomic E-state index is 12.7. The molecule has 2 fully saturated rings. The second-order valence-corrected chi connectivity index (χ2v) is 7.43. The van der Waals surface area contributed by atoms with Gasteiger partial charge in [0.15, 0.2) is 0 Å². The lowest BCUT2D eigenvalue weighted by Crippen LogP contribution is -2.45. The summed E-state index contributed by atoms with van der Waals surface area (Å²) in [6.07, 6.45) is 6.99. The summed E-state index contributed by atoms with van der Waals surface area (Å²) in [5, 5.41) is 2.88. The fourth-order valence-electron chi connectivity index (χ4n) is 3.84. The molecule has 0 radical (unpaired) electrons. The number of nitrogens with one attached hydrogen (secondary N) is 1. The molecule has 1 saturated heterocycles.